The number of carbonyl (C=O) groups is 4. The average molecular weight is 333 g/mol. The predicted octanol–water partition coefficient (Wildman–Crippen LogP) is -0.648. The van der Waals surface area contributed by atoms with Gasteiger partial charge in [0.2, 0.25) is 0 Å². The number of carbonyl (C=O) groups excluding carboxylic acids is 2. The minimum absolute atomic E-state index is 0. The van der Waals surface area contributed by atoms with Crippen LogP contribution in [0.3, 0.4) is 0 Å². The van der Waals surface area contributed by atoms with E-state index in [0.717, 1.165) is 0 Å². The van der Waals surface area contributed by atoms with Gasteiger partial charge in [0.05, 0.1) is 24.9 Å². The van der Waals surface area contributed by atoms with E-state index in [9.17, 15) is 19.2 Å². The van der Waals surface area contributed by atoms with E-state index in [4.69, 9.17) is 21.7 Å². The first-order valence-corrected chi connectivity index (χ1v) is 5.26. The number of nitrogens with two attached hydrogens (primary N) is 2. The Bertz CT molecular complexity index is 330. The van der Waals surface area contributed by atoms with Crippen molar-refractivity contribution in [3.63, 3.8) is 0 Å². The van der Waals surface area contributed by atoms with Crippen molar-refractivity contribution in [3.05, 3.63) is 0 Å². The third-order valence-corrected chi connectivity index (χ3v) is 2.30. The molecule has 0 radical (unpaired) electrons. The highest BCUT2D eigenvalue weighted by Gasteiger charge is 2.27. The third kappa shape index (κ3) is 9.68. The van der Waals surface area contributed by atoms with Gasteiger partial charge in [-0.3, -0.25) is 19.2 Å². The van der Waals surface area contributed by atoms with Gasteiger partial charge in [0, 0.05) is 12.8 Å². The molecule has 0 amide bonds. The molecule has 10 heteroatoms. The molecule has 0 aliphatic heterocycles. The summed E-state index contributed by atoms with van der Waals surface area (Å²) in [6.45, 7) is 0. The Kier molecular flexibility index (Phi) is 13.8. The normalized spacial score (nSPS) is 12.3. The maximum Gasteiger partial charge on any atom is 0.303 e. The molecule has 2 atom stereocenters. The summed E-state index contributed by atoms with van der Waals surface area (Å²) in [6.07, 6.45) is -1.39. The summed E-state index contributed by atoms with van der Waals surface area (Å²) in [5, 5.41) is 16.8. The van der Waals surface area contributed by atoms with Gasteiger partial charge in [0.25, 0.3) is 0 Å². The fourth-order valence-electron chi connectivity index (χ4n) is 1.19. The van der Waals surface area contributed by atoms with Gasteiger partial charge in [0.15, 0.2) is 11.6 Å². The smallest absolute Gasteiger partial charge is 0.303 e. The van der Waals surface area contributed by atoms with Gasteiger partial charge in [-0.25, -0.2) is 0 Å². The number of rotatable bonds is 9. The highest BCUT2D eigenvalue weighted by molar-refractivity contribution is 5.95. The lowest BCUT2D eigenvalue weighted by Gasteiger charge is -2.16. The summed E-state index contributed by atoms with van der Waals surface area (Å²) < 4.78 is 0. The largest absolute Gasteiger partial charge is 0.481 e. The monoisotopic (exact) mass is 332 g/mol. The van der Waals surface area contributed by atoms with Crippen molar-refractivity contribution in [2.24, 2.45) is 11.5 Å². The zero-order valence-electron chi connectivity index (χ0n) is 10.5. The molecular formula is C10H18Cl2N2O6. The zero-order valence-corrected chi connectivity index (χ0v) is 12.1. The Morgan fingerprint density at radius 3 is 1.15 bits per heavy atom. The van der Waals surface area contributed by atoms with Crippen LogP contribution in [0, 0.1) is 0 Å². The molecule has 6 N–H and O–H groups in total. The number of halogens is 2. The number of ketones is 2. The maximum atomic E-state index is 11.4. The predicted molar refractivity (Wildman–Crippen MR) is 74.2 cm³/mol. The first kappa shape index (κ1) is 23.8. The van der Waals surface area contributed by atoms with Gasteiger partial charge in [-0.2, -0.15) is 0 Å². The van der Waals surface area contributed by atoms with Crippen molar-refractivity contribution in [3.8, 4) is 0 Å². The van der Waals surface area contributed by atoms with E-state index in [0.29, 0.717) is 0 Å². The van der Waals surface area contributed by atoms with Crippen LogP contribution in [0.4, 0.5) is 0 Å². The maximum absolute atomic E-state index is 11.4. The second-order valence-corrected chi connectivity index (χ2v) is 3.77. The molecule has 0 spiro atoms. The third-order valence-electron chi connectivity index (χ3n) is 2.30. The topological polar surface area (TPSA) is 161 Å². The van der Waals surface area contributed by atoms with Gasteiger partial charge in [-0.1, -0.05) is 0 Å². The van der Waals surface area contributed by atoms with E-state index < -0.39 is 35.6 Å². The van der Waals surface area contributed by atoms with Crippen LogP contribution in [0.15, 0.2) is 0 Å². The molecule has 0 bridgehead atoms. The van der Waals surface area contributed by atoms with Crippen LogP contribution in [0.1, 0.15) is 25.7 Å². The molecule has 0 rings (SSSR count). The molecule has 0 aliphatic rings. The van der Waals surface area contributed by atoms with Crippen molar-refractivity contribution in [1.82, 2.24) is 0 Å². The van der Waals surface area contributed by atoms with Gasteiger partial charge >= 0.3 is 11.9 Å². The van der Waals surface area contributed by atoms with Crippen molar-refractivity contribution >= 4 is 48.3 Å². The van der Waals surface area contributed by atoms with E-state index >= 15 is 0 Å². The molecule has 20 heavy (non-hydrogen) atoms. The van der Waals surface area contributed by atoms with Crippen LogP contribution in [0.25, 0.3) is 0 Å². The van der Waals surface area contributed by atoms with Crippen LogP contribution in [-0.2, 0) is 19.2 Å². The first-order chi connectivity index (χ1) is 8.25. The highest BCUT2D eigenvalue weighted by atomic mass is 35.5. The molecule has 0 heterocycles. The summed E-state index contributed by atoms with van der Waals surface area (Å²) in [5.41, 5.74) is 10.8. The zero-order chi connectivity index (χ0) is 14.3. The van der Waals surface area contributed by atoms with Crippen molar-refractivity contribution in [2.75, 3.05) is 0 Å². The van der Waals surface area contributed by atoms with Crippen LogP contribution < -0.4 is 11.5 Å². The Morgan fingerprint density at radius 1 is 0.700 bits per heavy atom. The van der Waals surface area contributed by atoms with Crippen LogP contribution in [0.2, 0.25) is 0 Å². The van der Waals surface area contributed by atoms with E-state index in [1.807, 2.05) is 0 Å². The molecule has 0 fully saturated rings. The van der Waals surface area contributed by atoms with Gasteiger partial charge in [-0.15, -0.1) is 24.8 Å². The highest BCUT2D eigenvalue weighted by Crippen LogP contribution is 2.02. The molecule has 0 aromatic heterocycles. The molecule has 0 saturated carbocycles. The minimum Gasteiger partial charge on any atom is -0.481 e. The lowest BCUT2D eigenvalue weighted by atomic mass is 9.96. The van der Waals surface area contributed by atoms with Gasteiger partial charge in [-0.05, 0) is 0 Å². The Balaban J connectivity index is -0.00000144. The Hall–Kier alpha value is -1.22. The summed E-state index contributed by atoms with van der Waals surface area (Å²) in [5.74, 6) is -3.56. The number of hydrogen-bond donors (Lipinski definition) is 4. The summed E-state index contributed by atoms with van der Waals surface area (Å²) in [6, 6.07) is -2.60. The summed E-state index contributed by atoms with van der Waals surface area (Å²) >= 11 is 0. The number of aliphatic carboxylic acids is 2. The minimum atomic E-state index is -1.30. The van der Waals surface area contributed by atoms with Crippen molar-refractivity contribution < 1.29 is 29.4 Å². The van der Waals surface area contributed by atoms with Crippen LogP contribution >= 0.6 is 24.8 Å². The van der Waals surface area contributed by atoms with E-state index in [1.54, 1.807) is 0 Å². The molecule has 0 aliphatic carbocycles. The SMILES string of the molecule is Cl.Cl.NC(C(=O)CCC(=O)O)C(N)C(=O)CCC(=O)O. The molecule has 2 unspecified atom stereocenters. The second kappa shape index (κ2) is 11.6. The van der Waals surface area contributed by atoms with Gasteiger partial charge < -0.3 is 21.7 Å². The van der Waals surface area contributed by atoms with Gasteiger partial charge in [0.1, 0.15) is 0 Å². The average Bonchev–Trinajstić information content (AvgIpc) is 2.30. The van der Waals surface area contributed by atoms with E-state index in [2.05, 4.69) is 0 Å². The molecule has 118 valence electrons. The molecule has 8 nitrogen and oxygen atoms in total. The Morgan fingerprint density at radius 2 is 0.950 bits per heavy atom. The number of Topliss-reactive ketones (excluding diaryl/α,β-unsaturated/α-hetero) is 2. The van der Waals surface area contributed by atoms with E-state index in [1.165, 1.54) is 0 Å². The molecule has 0 aromatic rings. The molecule has 0 saturated heterocycles. The second-order valence-electron chi connectivity index (χ2n) is 3.77. The Labute approximate surface area is 127 Å². The molecule has 0 aromatic carbocycles. The van der Waals surface area contributed by atoms with Crippen molar-refractivity contribution in [2.45, 2.75) is 37.8 Å². The first-order valence-electron chi connectivity index (χ1n) is 5.26. The van der Waals surface area contributed by atoms with E-state index in [-0.39, 0.29) is 50.5 Å². The molecular weight excluding hydrogens is 315 g/mol. The standard InChI is InChI=1S/C10H16N2O6.2ClH/c11-9(5(13)1-3-7(15)16)10(12)6(14)2-4-8(17)18;;/h9-10H,1-4,11-12H2,(H,15,16)(H,17,18);2*1H. The lowest BCUT2D eigenvalue weighted by Crippen LogP contribution is -2.51. The lowest BCUT2D eigenvalue weighted by molar-refractivity contribution is -0.139. The summed E-state index contributed by atoms with van der Waals surface area (Å²) in [4.78, 5) is 43.3. The number of hydrogen-bond acceptors (Lipinski definition) is 6. The van der Waals surface area contributed by atoms with Crippen LogP contribution in [0.5, 0.6) is 0 Å². The van der Waals surface area contributed by atoms with Crippen molar-refractivity contribution in [1.29, 1.82) is 0 Å². The quantitative estimate of drug-likeness (QED) is 0.433. The summed E-state index contributed by atoms with van der Waals surface area (Å²) in [7, 11) is 0. The fraction of sp³-hybridized carbons (Fsp3) is 0.600. The van der Waals surface area contributed by atoms with Crippen LogP contribution in [-0.4, -0.2) is 45.8 Å². The number of carboxylic acid groups (broad SMARTS) is 2. The fourth-order valence-corrected chi connectivity index (χ4v) is 1.19. The number of carboxylic acids is 2.